The summed E-state index contributed by atoms with van der Waals surface area (Å²) in [5.41, 5.74) is 3.14. The number of hydrogen-bond donors (Lipinski definition) is 0. The first-order valence-corrected chi connectivity index (χ1v) is 15.9. The highest BCUT2D eigenvalue weighted by atomic mass is 28.3. The largest absolute Gasteiger partial charge is 0.417 e. The number of benzene rings is 1. The fraction of sp³-hybridized carbons (Fsp3) is 0.500. The second kappa shape index (κ2) is 13.0. The van der Waals surface area contributed by atoms with Crippen LogP contribution in [0.5, 0.6) is 0 Å². The van der Waals surface area contributed by atoms with E-state index in [2.05, 4.69) is 23.7 Å². The molecule has 1 amide bonds. The Balaban J connectivity index is 1.52. The molecule has 1 radical (unpaired) electrons. The van der Waals surface area contributed by atoms with Crippen LogP contribution in [0.4, 0.5) is 11.4 Å². The van der Waals surface area contributed by atoms with Crippen LogP contribution in [0.15, 0.2) is 48.2 Å². The first kappa shape index (κ1) is 29.8. The van der Waals surface area contributed by atoms with Gasteiger partial charge in [0.1, 0.15) is 6.20 Å². The van der Waals surface area contributed by atoms with Crippen molar-refractivity contribution >= 4 is 32.1 Å². The fourth-order valence-electron chi connectivity index (χ4n) is 5.68. The van der Waals surface area contributed by atoms with Gasteiger partial charge in [0.25, 0.3) is 5.69 Å². The van der Waals surface area contributed by atoms with Crippen LogP contribution in [0.25, 0.3) is 0 Å². The van der Waals surface area contributed by atoms with Crippen LogP contribution in [-0.2, 0) is 32.4 Å². The summed E-state index contributed by atoms with van der Waals surface area (Å²) in [6.07, 6.45) is 5.61. The second-order valence-electron chi connectivity index (χ2n) is 10.8. The van der Waals surface area contributed by atoms with Crippen LogP contribution < -0.4 is 4.90 Å². The standard InChI is InChI=1S/C30H39N4O5Si/c1-5-40(6-2)39-16-10-9-11-22(20-33-15-14-26-23(21-33)17-24(19-31-26)34(37)38)28(35)18-30(3)25-12-7-8-13-27(25)32(4)29(30)36/h7-8,11-13,17,19H,5-6,9-10,14-16,18,20-21H2,1-4H3/b22-11-. The normalized spacial score (nSPS) is 19.2. The molecule has 40 heavy (non-hydrogen) atoms. The van der Waals surface area contributed by atoms with Gasteiger partial charge in [-0.25, -0.2) is 0 Å². The van der Waals surface area contributed by atoms with Crippen molar-refractivity contribution in [2.24, 2.45) is 0 Å². The van der Waals surface area contributed by atoms with E-state index < -0.39 is 19.4 Å². The number of para-hydroxylation sites is 1. The minimum absolute atomic E-state index is 0.0250. The quantitative estimate of drug-likeness (QED) is 0.111. The number of carbonyl (C=O) groups is 2. The van der Waals surface area contributed by atoms with E-state index in [0.717, 1.165) is 41.0 Å². The maximum atomic E-state index is 13.9. The number of fused-ring (bicyclic) bond motifs is 2. The summed E-state index contributed by atoms with van der Waals surface area (Å²) in [6.45, 7) is 8.47. The third-order valence-electron chi connectivity index (χ3n) is 8.05. The number of nitrogens with zero attached hydrogens (tertiary/aromatic N) is 4. The van der Waals surface area contributed by atoms with Crippen LogP contribution in [-0.4, -0.2) is 62.3 Å². The maximum Gasteiger partial charge on any atom is 0.287 e. The number of Topliss-reactive ketones (excluding diaryl/α,β-unsaturated/α-hetero) is 1. The molecule has 1 unspecified atom stereocenters. The molecule has 4 rings (SSSR count). The lowest BCUT2D eigenvalue weighted by molar-refractivity contribution is -0.385. The number of hydrogen-bond acceptors (Lipinski definition) is 7. The molecule has 0 aliphatic carbocycles. The van der Waals surface area contributed by atoms with Crippen molar-refractivity contribution in [3.8, 4) is 0 Å². The van der Waals surface area contributed by atoms with Gasteiger partial charge in [0, 0.05) is 69.2 Å². The molecular formula is C30H39N4O5Si. The SMILES string of the molecule is CC[Si](CC)OCCC/C=C(/CN1CCc2ncc([N+](=O)[O-])cc2C1)C(=O)CC1(C)C(=O)N(C)c2ccccc21. The number of amides is 1. The molecule has 1 aromatic heterocycles. The van der Waals surface area contributed by atoms with Gasteiger partial charge in [-0.3, -0.25) is 29.6 Å². The molecule has 9 nitrogen and oxygen atoms in total. The van der Waals surface area contributed by atoms with Crippen LogP contribution in [0, 0.1) is 10.1 Å². The second-order valence-corrected chi connectivity index (χ2v) is 13.6. The van der Waals surface area contributed by atoms with Crippen molar-refractivity contribution in [3.05, 3.63) is 75.1 Å². The number of allylic oxidation sites excluding steroid dienone is 1. The number of anilines is 1. The number of likely N-dealkylation sites (N-methyl/N-ethyl adjacent to an activating group) is 1. The zero-order valence-corrected chi connectivity index (χ0v) is 24.9. The number of ketones is 1. The summed E-state index contributed by atoms with van der Waals surface area (Å²) in [5.74, 6) is -0.120. The van der Waals surface area contributed by atoms with Gasteiger partial charge in [-0.05, 0) is 49.0 Å². The third kappa shape index (κ3) is 6.40. The number of pyridine rings is 1. The molecule has 1 atom stereocenters. The summed E-state index contributed by atoms with van der Waals surface area (Å²) in [7, 11) is 1.00. The Morgan fingerprint density at radius 2 is 2.02 bits per heavy atom. The van der Waals surface area contributed by atoms with E-state index >= 15 is 0 Å². The van der Waals surface area contributed by atoms with E-state index in [-0.39, 0.29) is 23.8 Å². The average molecular weight is 564 g/mol. The van der Waals surface area contributed by atoms with E-state index in [1.807, 2.05) is 37.3 Å². The highest BCUT2D eigenvalue weighted by molar-refractivity contribution is 6.51. The zero-order valence-electron chi connectivity index (χ0n) is 23.9. The first-order valence-electron chi connectivity index (χ1n) is 14.1. The molecule has 1 aromatic carbocycles. The molecule has 213 valence electrons. The minimum Gasteiger partial charge on any atom is -0.417 e. The van der Waals surface area contributed by atoms with E-state index in [9.17, 15) is 19.7 Å². The first-order chi connectivity index (χ1) is 19.2. The summed E-state index contributed by atoms with van der Waals surface area (Å²) in [4.78, 5) is 46.2. The minimum atomic E-state index is -0.927. The van der Waals surface area contributed by atoms with E-state index in [4.69, 9.17) is 4.43 Å². The van der Waals surface area contributed by atoms with Crippen molar-refractivity contribution < 1.29 is 18.9 Å². The molecular weight excluding hydrogens is 524 g/mol. The van der Waals surface area contributed by atoms with E-state index in [1.54, 1.807) is 18.0 Å². The Hall–Kier alpha value is -3.21. The molecule has 0 N–H and O–H groups in total. The van der Waals surface area contributed by atoms with Crippen LogP contribution in [0.1, 0.15) is 56.9 Å². The molecule has 2 aliphatic heterocycles. The Bertz CT molecular complexity index is 1290. The van der Waals surface area contributed by atoms with Crippen molar-refractivity contribution in [3.63, 3.8) is 0 Å². The van der Waals surface area contributed by atoms with Crippen molar-refractivity contribution in [2.45, 2.75) is 70.5 Å². The summed E-state index contributed by atoms with van der Waals surface area (Å²) in [5, 5.41) is 11.3. The van der Waals surface area contributed by atoms with Gasteiger partial charge in [-0.1, -0.05) is 38.1 Å². The lowest BCUT2D eigenvalue weighted by Crippen LogP contribution is -2.39. The number of nitro groups is 1. The molecule has 2 aliphatic rings. The molecule has 2 aromatic rings. The number of unbranched alkanes of at least 4 members (excludes halogenated alkanes) is 1. The Morgan fingerprint density at radius 1 is 1.27 bits per heavy atom. The van der Waals surface area contributed by atoms with Gasteiger partial charge in [-0.15, -0.1) is 0 Å². The molecule has 0 spiro atoms. The number of rotatable bonds is 13. The van der Waals surface area contributed by atoms with Gasteiger partial charge in [0.05, 0.1) is 10.3 Å². The van der Waals surface area contributed by atoms with Gasteiger partial charge in [0.15, 0.2) is 5.78 Å². The Labute approximate surface area is 238 Å². The lowest BCUT2D eigenvalue weighted by atomic mass is 9.78. The van der Waals surface area contributed by atoms with Gasteiger partial charge >= 0.3 is 0 Å². The molecule has 0 saturated carbocycles. The van der Waals surface area contributed by atoms with Crippen molar-refractivity contribution in [1.82, 2.24) is 9.88 Å². The predicted molar refractivity (Wildman–Crippen MR) is 157 cm³/mol. The smallest absolute Gasteiger partial charge is 0.287 e. The van der Waals surface area contributed by atoms with E-state index in [1.165, 1.54) is 6.20 Å². The number of carbonyl (C=O) groups excluding carboxylic acids is 2. The molecule has 10 heteroatoms. The fourth-order valence-corrected chi connectivity index (χ4v) is 7.02. The topological polar surface area (TPSA) is 106 Å². The monoisotopic (exact) mass is 563 g/mol. The molecule has 3 heterocycles. The molecule has 0 bridgehead atoms. The number of aromatic nitrogens is 1. The molecule has 0 saturated heterocycles. The maximum absolute atomic E-state index is 13.9. The van der Waals surface area contributed by atoms with Crippen molar-refractivity contribution in [2.75, 3.05) is 31.6 Å². The average Bonchev–Trinajstić information content (AvgIpc) is 3.14. The molecule has 0 fully saturated rings. The summed E-state index contributed by atoms with van der Waals surface area (Å²) < 4.78 is 6.06. The zero-order chi connectivity index (χ0) is 28.9. The highest BCUT2D eigenvalue weighted by Crippen LogP contribution is 2.43. The van der Waals surface area contributed by atoms with Crippen molar-refractivity contribution in [1.29, 1.82) is 0 Å². The Kier molecular flexibility index (Phi) is 9.65. The summed E-state index contributed by atoms with van der Waals surface area (Å²) in [6, 6.07) is 11.4. The van der Waals surface area contributed by atoms with Gasteiger partial charge < -0.3 is 9.33 Å². The summed E-state index contributed by atoms with van der Waals surface area (Å²) >= 11 is 0. The van der Waals surface area contributed by atoms with Crippen LogP contribution in [0.2, 0.25) is 12.1 Å². The van der Waals surface area contributed by atoms with Gasteiger partial charge in [-0.2, -0.15) is 0 Å². The predicted octanol–water partition coefficient (Wildman–Crippen LogP) is 5.00. The van der Waals surface area contributed by atoms with Gasteiger partial charge in [0.2, 0.25) is 14.9 Å². The van der Waals surface area contributed by atoms with Crippen LogP contribution >= 0.6 is 0 Å². The van der Waals surface area contributed by atoms with E-state index in [0.29, 0.717) is 44.7 Å². The Morgan fingerprint density at radius 3 is 2.75 bits per heavy atom. The third-order valence-corrected chi connectivity index (χ3v) is 10.2. The lowest BCUT2D eigenvalue weighted by Gasteiger charge is -2.29. The highest BCUT2D eigenvalue weighted by Gasteiger charge is 2.47. The van der Waals surface area contributed by atoms with Crippen LogP contribution in [0.3, 0.4) is 0 Å².